The van der Waals surface area contributed by atoms with E-state index in [1.54, 1.807) is 12.4 Å². The van der Waals surface area contributed by atoms with Crippen molar-refractivity contribution in [1.29, 1.82) is 0 Å². The zero-order valence-electron chi connectivity index (χ0n) is 16.1. The maximum atomic E-state index is 12.8. The van der Waals surface area contributed by atoms with Gasteiger partial charge in [-0.25, -0.2) is 0 Å². The standard InChI is InChI=1S/C19H27BN4O4/c1-13(2)10-17(20(27)28)24-18(25)15(11-14-6-4-3-5-7-14)23-19(26)16-12-21-8-9-22-16/h3-9,12-13,15,17,21-22,27-28H,10-11H2,1-2H3,(H,23,26)(H,24,25)/t15-,17-/m1/s1. The first-order valence-corrected chi connectivity index (χ1v) is 9.26. The first-order valence-electron chi connectivity index (χ1n) is 9.26. The predicted molar refractivity (Wildman–Crippen MR) is 107 cm³/mol. The van der Waals surface area contributed by atoms with Gasteiger partial charge in [-0.1, -0.05) is 44.2 Å². The molecule has 1 aliphatic heterocycles. The molecule has 1 heterocycles. The Kier molecular flexibility index (Phi) is 8.10. The van der Waals surface area contributed by atoms with Crippen LogP contribution in [0.2, 0.25) is 0 Å². The van der Waals surface area contributed by atoms with Gasteiger partial charge in [0.1, 0.15) is 11.7 Å². The van der Waals surface area contributed by atoms with Crippen molar-refractivity contribution in [3.8, 4) is 0 Å². The van der Waals surface area contributed by atoms with Gasteiger partial charge in [0.15, 0.2) is 0 Å². The number of nitrogens with one attached hydrogen (secondary N) is 4. The molecule has 28 heavy (non-hydrogen) atoms. The van der Waals surface area contributed by atoms with Gasteiger partial charge in [0, 0.05) is 25.0 Å². The van der Waals surface area contributed by atoms with Crippen molar-refractivity contribution in [2.45, 2.75) is 38.7 Å². The monoisotopic (exact) mass is 386 g/mol. The van der Waals surface area contributed by atoms with Crippen LogP contribution in [0.25, 0.3) is 0 Å². The van der Waals surface area contributed by atoms with E-state index in [2.05, 4.69) is 21.3 Å². The Hall–Kier alpha value is -2.78. The van der Waals surface area contributed by atoms with Crippen LogP contribution in [0.4, 0.5) is 0 Å². The summed E-state index contributed by atoms with van der Waals surface area (Å²) in [6.07, 6.45) is 5.36. The van der Waals surface area contributed by atoms with Crippen LogP contribution in [0.1, 0.15) is 25.8 Å². The van der Waals surface area contributed by atoms with E-state index in [0.717, 1.165) is 5.56 Å². The molecule has 150 valence electrons. The molecule has 0 bridgehead atoms. The van der Waals surface area contributed by atoms with E-state index in [1.807, 2.05) is 44.2 Å². The maximum absolute atomic E-state index is 12.8. The average molecular weight is 386 g/mol. The molecule has 1 aromatic rings. The van der Waals surface area contributed by atoms with E-state index in [4.69, 9.17) is 0 Å². The Morgan fingerprint density at radius 2 is 1.82 bits per heavy atom. The molecular formula is C19H27BN4O4. The summed E-state index contributed by atoms with van der Waals surface area (Å²) in [5, 5.41) is 30.1. The largest absolute Gasteiger partial charge is 0.475 e. The smallest absolute Gasteiger partial charge is 0.426 e. The Labute approximate surface area is 165 Å². The molecule has 2 rings (SSSR count). The molecule has 0 spiro atoms. The minimum atomic E-state index is -1.68. The normalized spacial score (nSPS) is 15.0. The van der Waals surface area contributed by atoms with Crippen LogP contribution in [0.15, 0.2) is 54.6 Å². The predicted octanol–water partition coefficient (Wildman–Crippen LogP) is -0.238. The van der Waals surface area contributed by atoms with Gasteiger partial charge >= 0.3 is 7.12 Å². The van der Waals surface area contributed by atoms with Crippen molar-refractivity contribution in [3.63, 3.8) is 0 Å². The fraction of sp³-hybridized carbons (Fsp3) is 0.368. The summed E-state index contributed by atoms with van der Waals surface area (Å²) in [7, 11) is -1.68. The first-order chi connectivity index (χ1) is 13.4. The molecule has 2 amide bonds. The SMILES string of the molecule is CC(C)C[C@@H](NC(=O)[C@@H](Cc1ccccc1)NC(=O)C1=CNC=CN1)B(O)O. The van der Waals surface area contributed by atoms with Crippen molar-refractivity contribution in [2.24, 2.45) is 5.92 Å². The lowest BCUT2D eigenvalue weighted by atomic mass is 9.75. The Morgan fingerprint density at radius 1 is 1.11 bits per heavy atom. The molecule has 0 aromatic heterocycles. The molecule has 8 nitrogen and oxygen atoms in total. The van der Waals surface area contributed by atoms with Gasteiger partial charge in [-0.15, -0.1) is 0 Å². The third-order valence-corrected chi connectivity index (χ3v) is 4.21. The average Bonchev–Trinajstić information content (AvgIpc) is 2.68. The molecule has 0 unspecified atom stereocenters. The lowest BCUT2D eigenvalue weighted by molar-refractivity contribution is -0.127. The third-order valence-electron chi connectivity index (χ3n) is 4.21. The van der Waals surface area contributed by atoms with Gasteiger partial charge < -0.3 is 31.3 Å². The van der Waals surface area contributed by atoms with Crippen LogP contribution in [-0.4, -0.2) is 41.0 Å². The summed E-state index contributed by atoms with van der Waals surface area (Å²) in [5.74, 6) is -1.59. The fourth-order valence-corrected chi connectivity index (χ4v) is 2.83. The number of carbonyl (C=O) groups excluding carboxylic acids is 2. The zero-order chi connectivity index (χ0) is 20.5. The van der Waals surface area contributed by atoms with E-state index >= 15 is 0 Å². The molecule has 2 atom stereocenters. The highest BCUT2D eigenvalue weighted by Gasteiger charge is 2.30. The molecule has 9 heteroatoms. The zero-order valence-corrected chi connectivity index (χ0v) is 16.1. The molecule has 6 N–H and O–H groups in total. The third kappa shape index (κ3) is 6.75. The number of hydrogen-bond acceptors (Lipinski definition) is 6. The summed E-state index contributed by atoms with van der Waals surface area (Å²) in [5.41, 5.74) is 1.14. The fourth-order valence-electron chi connectivity index (χ4n) is 2.83. The molecule has 1 aliphatic rings. The van der Waals surface area contributed by atoms with Gasteiger partial charge in [0.25, 0.3) is 5.91 Å². The summed E-state index contributed by atoms with van der Waals surface area (Å²) in [6.45, 7) is 3.85. The van der Waals surface area contributed by atoms with Crippen LogP contribution in [-0.2, 0) is 16.0 Å². The van der Waals surface area contributed by atoms with Gasteiger partial charge in [-0.3, -0.25) is 9.59 Å². The van der Waals surface area contributed by atoms with Crippen molar-refractivity contribution in [2.75, 3.05) is 0 Å². The van der Waals surface area contributed by atoms with Crippen LogP contribution in [0.3, 0.4) is 0 Å². The van der Waals surface area contributed by atoms with Crippen LogP contribution in [0.5, 0.6) is 0 Å². The summed E-state index contributed by atoms with van der Waals surface area (Å²) in [4.78, 5) is 25.4. The molecule has 0 saturated heterocycles. The quantitative estimate of drug-likeness (QED) is 0.326. The molecule has 1 aromatic carbocycles. The second-order valence-corrected chi connectivity index (χ2v) is 7.08. The van der Waals surface area contributed by atoms with E-state index in [-0.39, 0.29) is 18.0 Å². The van der Waals surface area contributed by atoms with Crippen molar-refractivity contribution in [3.05, 3.63) is 60.2 Å². The van der Waals surface area contributed by atoms with Crippen molar-refractivity contribution >= 4 is 18.9 Å². The highest BCUT2D eigenvalue weighted by Crippen LogP contribution is 2.09. The Morgan fingerprint density at radius 3 is 2.39 bits per heavy atom. The number of benzene rings is 1. The van der Waals surface area contributed by atoms with E-state index in [1.165, 1.54) is 6.20 Å². The minimum Gasteiger partial charge on any atom is -0.426 e. The molecule has 0 saturated carbocycles. The Balaban J connectivity index is 2.12. The second kappa shape index (κ2) is 10.5. The summed E-state index contributed by atoms with van der Waals surface area (Å²) < 4.78 is 0. The maximum Gasteiger partial charge on any atom is 0.475 e. The Bertz CT molecular complexity index is 722. The van der Waals surface area contributed by atoms with E-state index in [0.29, 0.717) is 6.42 Å². The first kappa shape index (κ1) is 21.5. The van der Waals surface area contributed by atoms with Crippen LogP contribution < -0.4 is 21.3 Å². The minimum absolute atomic E-state index is 0.156. The van der Waals surface area contributed by atoms with Crippen molar-refractivity contribution < 1.29 is 19.6 Å². The highest BCUT2D eigenvalue weighted by atomic mass is 16.4. The lowest BCUT2D eigenvalue weighted by Gasteiger charge is -2.25. The van der Waals surface area contributed by atoms with Crippen LogP contribution in [0, 0.1) is 5.92 Å². The highest BCUT2D eigenvalue weighted by molar-refractivity contribution is 6.43. The molecule has 0 fully saturated rings. The van der Waals surface area contributed by atoms with Gasteiger partial charge in [-0.05, 0) is 17.9 Å². The van der Waals surface area contributed by atoms with Crippen LogP contribution >= 0.6 is 0 Å². The molecule has 0 radical (unpaired) electrons. The van der Waals surface area contributed by atoms with E-state index in [9.17, 15) is 19.6 Å². The topological polar surface area (TPSA) is 123 Å². The van der Waals surface area contributed by atoms with Gasteiger partial charge in [0.05, 0.1) is 5.94 Å². The van der Waals surface area contributed by atoms with Gasteiger partial charge in [0.2, 0.25) is 5.91 Å². The second-order valence-electron chi connectivity index (χ2n) is 7.08. The number of hydrogen-bond donors (Lipinski definition) is 6. The molecular weight excluding hydrogens is 359 g/mol. The number of amides is 2. The summed E-state index contributed by atoms with van der Waals surface area (Å²) >= 11 is 0. The lowest BCUT2D eigenvalue weighted by Crippen LogP contribution is -2.55. The van der Waals surface area contributed by atoms with Crippen molar-refractivity contribution in [1.82, 2.24) is 21.3 Å². The number of rotatable bonds is 9. The van der Waals surface area contributed by atoms with E-state index < -0.39 is 30.9 Å². The number of carbonyl (C=O) groups is 2. The van der Waals surface area contributed by atoms with Gasteiger partial charge in [-0.2, -0.15) is 0 Å². The summed E-state index contributed by atoms with van der Waals surface area (Å²) in [6, 6.07) is 8.42. The molecule has 0 aliphatic carbocycles.